The molecular weight excluding hydrogens is 356 g/mol. The maximum absolute atomic E-state index is 12.3. The largest absolute Gasteiger partial charge is 0.481 e. The van der Waals surface area contributed by atoms with Crippen LogP contribution >= 0.6 is 0 Å². The summed E-state index contributed by atoms with van der Waals surface area (Å²) in [5, 5.41) is 6.18. The van der Waals surface area contributed by atoms with E-state index in [1.165, 1.54) is 7.11 Å². The molecule has 0 saturated heterocycles. The van der Waals surface area contributed by atoms with Gasteiger partial charge in [0.25, 0.3) is 0 Å². The smallest absolute Gasteiger partial charge is 0.343 e. The van der Waals surface area contributed by atoms with Gasteiger partial charge in [-0.25, -0.2) is 4.79 Å². The zero-order chi connectivity index (χ0) is 20.5. The van der Waals surface area contributed by atoms with Gasteiger partial charge in [0.05, 0.1) is 13.2 Å². The van der Waals surface area contributed by atoms with Crippen LogP contribution in [0.5, 0.6) is 5.75 Å². The fourth-order valence-corrected chi connectivity index (χ4v) is 2.86. The molecule has 28 heavy (non-hydrogen) atoms. The van der Waals surface area contributed by atoms with Crippen LogP contribution in [0.1, 0.15) is 29.2 Å². The molecule has 2 aromatic rings. The molecule has 2 rings (SSSR count). The van der Waals surface area contributed by atoms with E-state index >= 15 is 0 Å². The number of nitrogens with one attached hydrogen (secondary N) is 2. The highest BCUT2D eigenvalue weighted by Crippen LogP contribution is 2.25. The van der Waals surface area contributed by atoms with Crippen molar-refractivity contribution in [2.45, 2.75) is 39.9 Å². The maximum Gasteiger partial charge on any atom is 0.343 e. The first kappa shape index (κ1) is 21.4. The molecule has 6 heteroatoms. The zero-order valence-corrected chi connectivity index (χ0v) is 16.9. The molecule has 0 bridgehead atoms. The van der Waals surface area contributed by atoms with Gasteiger partial charge in [0.2, 0.25) is 5.91 Å². The first-order valence-corrected chi connectivity index (χ1v) is 9.25. The molecule has 150 valence electrons. The van der Waals surface area contributed by atoms with E-state index in [9.17, 15) is 9.59 Å². The van der Waals surface area contributed by atoms with Gasteiger partial charge in [-0.15, -0.1) is 0 Å². The number of esters is 1. The molecule has 0 aliphatic rings. The summed E-state index contributed by atoms with van der Waals surface area (Å²) in [7, 11) is 1.33. The summed E-state index contributed by atoms with van der Waals surface area (Å²) in [5.74, 6) is 0.220. The van der Waals surface area contributed by atoms with Crippen LogP contribution in [0, 0.1) is 13.8 Å². The van der Waals surface area contributed by atoms with Crippen molar-refractivity contribution in [2.24, 2.45) is 0 Å². The van der Waals surface area contributed by atoms with E-state index in [0.717, 1.165) is 22.3 Å². The first-order valence-electron chi connectivity index (χ1n) is 9.25. The Kier molecular flexibility index (Phi) is 8.02. The number of methoxy groups -OCH3 is 1. The quantitative estimate of drug-likeness (QED) is 0.650. The van der Waals surface area contributed by atoms with Crippen LogP contribution in [0.15, 0.2) is 42.5 Å². The van der Waals surface area contributed by atoms with Crippen LogP contribution in [0.25, 0.3) is 0 Å². The van der Waals surface area contributed by atoms with Crippen LogP contribution in [0.3, 0.4) is 0 Å². The van der Waals surface area contributed by atoms with E-state index in [2.05, 4.69) is 15.4 Å². The van der Waals surface area contributed by atoms with Gasteiger partial charge in [-0.1, -0.05) is 42.5 Å². The van der Waals surface area contributed by atoms with E-state index in [-0.39, 0.29) is 18.6 Å². The third-order valence-corrected chi connectivity index (χ3v) is 4.40. The minimum absolute atomic E-state index is 0.0460. The average molecular weight is 384 g/mol. The second-order valence-electron chi connectivity index (χ2n) is 6.73. The topological polar surface area (TPSA) is 76.7 Å². The monoisotopic (exact) mass is 384 g/mol. The van der Waals surface area contributed by atoms with Gasteiger partial charge < -0.3 is 20.1 Å². The molecule has 6 nitrogen and oxygen atoms in total. The Hall–Kier alpha value is -2.86. The highest BCUT2D eigenvalue weighted by Gasteiger charge is 2.13. The van der Waals surface area contributed by atoms with Gasteiger partial charge in [-0.2, -0.15) is 0 Å². The van der Waals surface area contributed by atoms with E-state index in [4.69, 9.17) is 4.74 Å². The van der Waals surface area contributed by atoms with Crippen LogP contribution < -0.4 is 15.4 Å². The van der Waals surface area contributed by atoms with Gasteiger partial charge in [0, 0.05) is 13.1 Å². The van der Waals surface area contributed by atoms with Crippen molar-refractivity contribution in [3.63, 3.8) is 0 Å². The second-order valence-corrected chi connectivity index (χ2v) is 6.73. The summed E-state index contributed by atoms with van der Waals surface area (Å²) in [6, 6.07) is 13.5. The summed E-state index contributed by atoms with van der Waals surface area (Å²) in [5.41, 5.74) is 3.98. The van der Waals surface area contributed by atoms with Crippen molar-refractivity contribution < 1.29 is 19.1 Å². The van der Waals surface area contributed by atoms with E-state index in [0.29, 0.717) is 18.8 Å². The molecule has 1 atom stereocenters. The number of amides is 1. The highest BCUT2D eigenvalue weighted by molar-refractivity contribution is 5.81. The molecule has 0 aliphatic carbocycles. The normalized spacial score (nSPS) is 11.6. The summed E-state index contributed by atoms with van der Waals surface area (Å²) in [4.78, 5) is 23.5. The molecule has 0 spiro atoms. The number of rotatable bonds is 9. The number of hydrogen-bond donors (Lipinski definition) is 2. The molecule has 2 aromatic carbocycles. The lowest BCUT2D eigenvalue weighted by molar-refractivity contribution is -0.142. The fourth-order valence-electron chi connectivity index (χ4n) is 2.86. The van der Waals surface area contributed by atoms with Gasteiger partial charge in [-0.3, -0.25) is 4.79 Å². The minimum Gasteiger partial charge on any atom is -0.481 e. The van der Waals surface area contributed by atoms with E-state index < -0.39 is 5.97 Å². The zero-order valence-electron chi connectivity index (χ0n) is 16.9. The van der Waals surface area contributed by atoms with E-state index in [1.54, 1.807) is 0 Å². The van der Waals surface area contributed by atoms with Gasteiger partial charge in [-0.05, 0) is 43.0 Å². The van der Waals surface area contributed by atoms with Crippen molar-refractivity contribution >= 4 is 11.9 Å². The second kappa shape index (κ2) is 10.5. The summed E-state index contributed by atoms with van der Waals surface area (Å²) in [6.45, 7) is 6.65. The predicted octanol–water partition coefficient (Wildman–Crippen LogP) is 2.65. The molecule has 1 unspecified atom stereocenters. The van der Waals surface area contributed by atoms with Gasteiger partial charge in [0.1, 0.15) is 5.75 Å². The lowest BCUT2D eigenvalue weighted by atomic mass is 10.1. The molecule has 0 radical (unpaired) electrons. The first-order chi connectivity index (χ1) is 13.4. The Bertz CT molecular complexity index is 782. The standard InChI is InChI=1S/C22H28N2O4/c1-15-10-19(11-16(2)21(15)28-14-20(25)27-4)13-23-17(3)22(26)24-12-18-8-6-5-7-9-18/h5-11,17,23H,12-14H2,1-4H3,(H,24,26). The lowest BCUT2D eigenvalue weighted by Crippen LogP contribution is -2.41. The molecule has 0 fully saturated rings. The molecule has 1 amide bonds. The van der Waals surface area contributed by atoms with Crippen molar-refractivity contribution in [1.82, 2.24) is 10.6 Å². The molecule has 2 N–H and O–H groups in total. The molecule has 0 aliphatic heterocycles. The third-order valence-electron chi connectivity index (χ3n) is 4.40. The fraction of sp³-hybridized carbons (Fsp3) is 0.364. The Labute approximate surface area is 166 Å². The Morgan fingerprint density at radius 1 is 1.00 bits per heavy atom. The summed E-state index contributed by atoms with van der Waals surface area (Å²) < 4.78 is 10.2. The van der Waals surface area contributed by atoms with Crippen molar-refractivity contribution in [3.8, 4) is 5.75 Å². The molecule has 0 heterocycles. The van der Waals surface area contributed by atoms with Crippen LogP contribution in [0.2, 0.25) is 0 Å². The number of aryl methyl sites for hydroxylation is 2. The van der Waals surface area contributed by atoms with Crippen LogP contribution in [0.4, 0.5) is 0 Å². The van der Waals surface area contributed by atoms with Crippen molar-refractivity contribution in [3.05, 3.63) is 64.7 Å². The Morgan fingerprint density at radius 2 is 1.64 bits per heavy atom. The number of carbonyl (C=O) groups is 2. The summed E-state index contributed by atoms with van der Waals surface area (Å²) >= 11 is 0. The SMILES string of the molecule is COC(=O)COc1c(C)cc(CNC(C)C(=O)NCc2ccccc2)cc1C. The number of ether oxygens (including phenoxy) is 2. The van der Waals surface area contributed by atoms with Crippen LogP contribution in [-0.4, -0.2) is 31.6 Å². The van der Waals surface area contributed by atoms with E-state index in [1.807, 2.05) is 63.2 Å². The Morgan fingerprint density at radius 3 is 2.25 bits per heavy atom. The third kappa shape index (κ3) is 6.39. The summed E-state index contributed by atoms with van der Waals surface area (Å²) in [6.07, 6.45) is 0. The van der Waals surface area contributed by atoms with Gasteiger partial charge in [0.15, 0.2) is 6.61 Å². The average Bonchev–Trinajstić information content (AvgIpc) is 2.70. The van der Waals surface area contributed by atoms with Crippen molar-refractivity contribution in [1.29, 1.82) is 0 Å². The highest BCUT2D eigenvalue weighted by atomic mass is 16.6. The number of carbonyl (C=O) groups excluding carboxylic acids is 2. The van der Waals surface area contributed by atoms with Gasteiger partial charge >= 0.3 is 5.97 Å². The minimum atomic E-state index is -0.417. The van der Waals surface area contributed by atoms with Crippen LogP contribution in [-0.2, 0) is 27.4 Å². The number of benzene rings is 2. The molecular formula is C22H28N2O4. The predicted molar refractivity (Wildman–Crippen MR) is 108 cm³/mol. The number of hydrogen-bond acceptors (Lipinski definition) is 5. The molecule has 0 saturated carbocycles. The Balaban J connectivity index is 1.87. The van der Waals surface area contributed by atoms with Crippen molar-refractivity contribution in [2.75, 3.05) is 13.7 Å². The lowest BCUT2D eigenvalue weighted by Gasteiger charge is -2.16. The maximum atomic E-state index is 12.3. The molecule has 0 aromatic heterocycles.